The van der Waals surface area contributed by atoms with Crippen LogP contribution < -0.4 is 10.1 Å². The molecule has 19 heavy (non-hydrogen) atoms. The number of aromatic nitrogens is 1. The van der Waals surface area contributed by atoms with Gasteiger partial charge in [-0.1, -0.05) is 18.5 Å². The van der Waals surface area contributed by atoms with Crippen LogP contribution in [0.2, 0.25) is 5.02 Å². The molecular weight excluding hydrogens is 281 g/mol. The summed E-state index contributed by atoms with van der Waals surface area (Å²) in [6, 6.07) is 1.56. The molecule has 3 nitrogen and oxygen atoms in total. The van der Waals surface area contributed by atoms with E-state index in [4.69, 9.17) is 16.3 Å². The molecule has 0 atom stereocenters. The molecule has 0 radical (unpaired) electrons. The zero-order chi connectivity index (χ0) is 14.3. The van der Waals surface area contributed by atoms with E-state index >= 15 is 0 Å². The molecule has 0 saturated carbocycles. The van der Waals surface area contributed by atoms with Gasteiger partial charge in [0.15, 0.2) is 0 Å². The summed E-state index contributed by atoms with van der Waals surface area (Å²) in [7, 11) is 0. The predicted octanol–water partition coefficient (Wildman–Crippen LogP) is 3.57. The largest absolute Gasteiger partial charge is 0.477 e. The van der Waals surface area contributed by atoms with Crippen LogP contribution in [0.4, 0.5) is 13.2 Å². The van der Waals surface area contributed by atoms with E-state index in [9.17, 15) is 13.2 Å². The maximum absolute atomic E-state index is 12.0. The van der Waals surface area contributed by atoms with E-state index in [2.05, 4.69) is 10.3 Å². The first-order valence-electron chi connectivity index (χ1n) is 5.97. The van der Waals surface area contributed by atoms with Gasteiger partial charge in [0, 0.05) is 18.8 Å². The number of nitrogens with one attached hydrogen (secondary N) is 1. The van der Waals surface area contributed by atoms with Crippen molar-refractivity contribution in [2.24, 2.45) is 0 Å². The van der Waals surface area contributed by atoms with Crippen molar-refractivity contribution in [1.29, 1.82) is 0 Å². The van der Waals surface area contributed by atoms with Crippen LogP contribution in [0.1, 0.15) is 25.3 Å². The van der Waals surface area contributed by atoms with Gasteiger partial charge in [0.05, 0.1) is 18.1 Å². The fourth-order valence-electron chi connectivity index (χ4n) is 1.34. The Labute approximate surface area is 115 Å². The van der Waals surface area contributed by atoms with Crippen LogP contribution >= 0.6 is 11.6 Å². The normalized spacial score (nSPS) is 11.6. The molecule has 1 N–H and O–H groups in total. The number of nitrogens with zero attached hydrogens (tertiary/aromatic N) is 1. The Balaban J connectivity index is 2.53. The molecule has 0 spiro atoms. The molecule has 0 bridgehead atoms. The Morgan fingerprint density at radius 2 is 2.16 bits per heavy atom. The Morgan fingerprint density at radius 1 is 1.42 bits per heavy atom. The van der Waals surface area contributed by atoms with Crippen molar-refractivity contribution in [3.05, 3.63) is 22.8 Å². The van der Waals surface area contributed by atoms with Crippen LogP contribution in [0.25, 0.3) is 0 Å². The molecule has 1 aromatic rings. The first-order valence-corrected chi connectivity index (χ1v) is 6.35. The van der Waals surface area contributed by atoms with E-state index in [0.29, 0.717) is 11.6 Å². The van der Waals surface area contributed by atoms with Crippen LogP contribution in [0.5, 0.6) is 5.88 Å². The fourth-order valence-corrected chi connectivity index (χ4v) is 1.51. The van der Waals surface area contributed by atoms with E-state index in [1.54, 1.807) is 6.07 Å². The van der Waals surface area contributed by atoms with Crippen molar-refractivity contribution in [3.8, 4) is 5.88 Å². The van der Waals surface area contributed by atoms with Gasteiger partial charge in [-0.15, -0.1) is 0 Å². The molecule has 1 heterocycles. The molecule has 0 aliphatic rings. The average Bonchev–Trinajstić information content (AvgIpc) is 2.31. The second-order valence-corrected chi connectivity index (χ2v) is 4.41. The minimum atomic E-state index is -4.22. The Kier molecular flexibility index (Phi) is 6.37. The number of pyridine rings is 1. The van der Waals surface area contributed by atoms with Crippen molar-refractivity contribution in [3.63, 3.8) is 0 Å². The molecule has 0 aliphatic carbocycles. The summed E-state index contributed by atoms with van der Waals surface area (Å²) in [6.07, 6.45) is -2.86. The lowest BCUT2D eigenvalue weighted by molar-refractivity contribution is -0.139. The second-order valence-electron chi connectivity index (χ2n) is 4.00. The second kappa shape index (κ2) is 7.55. The predicted molar refractivity (Wildman–Crippen MR) is 67.4 cm³/mol. The van der Waals surface area contributed by atoms with Crippen LogP contribution in [-0.2, 0) is 6.54 Å². The third-order valence-corrected chi connectivity index (χ3v) is 2.63. The van der Waals surface area contributed by atoms with E-state index in [-0.39, 0.29) is 5.88 Å². The molecule has 7 heteroatoms. The Morgan fingerprint density at radius 3 is 2.79 bits per heavy atom. The summed E-state index contributed by atoms with van der Waals surface area (Å²) in [5.41, 5.74) is 0.757. The number of alkyl halides is 3. The lowest BCUT2D eigenvalue weighted by atomic mass is 10.2. The van der Waals surface area contributed by atoms with Crippen molar-refractivity contribution in [1.82, 2.24) is 10.3 Å². The average molecular weight is 297 g/mol. The van der Waals surface area contributed by atoms with Crippen LogP contribution in [0.15, 0.2) is 12.3 Å². The van der Waals surface area contributed by atoms with Crippen molar-refractivity contribution >= 4 is 11.6 Å². The SMILES string of the molecule is CCCNCc1cc(OCCC(F)(F)F)ncc1Cl. The van der Waals surface area contributed by atoms with Gasteiger partial charge >= 0.3 is 6.18 Å². The highest BCUT2D eigenvalue weighted by molar-refractivity contribution is 6.31. The van der Waals surface area contributed by atoms with Crippen molar-refractivity contribution in [2.45, 2.75) is 32.5 Å². The van der Waals surface area contributed by atoms with Gasteiger partial charge in [0.1, 0.15) is 0 Å². The zero-order valence-electron chi connectivity index (χ0n) is 10.6. The standard InChI is InChI=1S/C12H16ClF3N2O/c1-2-4-17-7-9-6-11(18-8-10(9)13)19-5-3-12(14,15)16/h6,8,17H,2-5,7H2,1H3. The maximum Gasteiger partial charge on any atom is 0.392 e. The molecule has 1 aromatic heterocycles. The van der Waals surface area contributed by atoms with Crippen LogP contribution in [-0.4, -0.2) is 24.3 Å². The van der Waals surface area contributed by atoms with Gasteiger partial charge < -0.3 is 10.1 Å². The smallest absolute Gasteiger partial charge is 0.392 e. The topological polar surface area (TPSA) is 34.1 Å². The fraction of sp³-hybridized carbons (Fsp3) is 0.583. The minimum absolute atomic E-state index is 0.155. The molecule has 0 fully saturated rings. The first-order chi connectivity index (χ1) is 8.92. The number of rotatable bonds is 7. The molecule has 0 unspecified atom stereocenters. The zero-order valence-corrected chi connectivity index (χ0v) is 11.3. The lowest BCUT2D eigenvalue weighted by Crippen LogP contribution is -2.15. The summed E-state index contributed by atoms with van der Waals surface area (Å²) < 4.78 is 40.9. The Bertz CT molecular complexity index is 399. The summed E-state index contributed by atoms with van der Waals surface area (Å²) in [4.78, 5) is 3.84. The van der Waals surface area contributed by atoms with Crippen LogP contribution in [0.3, 0.4) is 0 Å². The maximum atomic E-state index is 12.0. The molecule has 0 amide bonds. The third-order valence-electron chi connectivity index (χ3n) is 2.29. The highest BCUT2D eigenvalue weighted by atomic mass is 35.5. The summed E-state index contributed by atoms with van der Waals surface area (Å²) >= 11 is 5.94. The number of halogens is 4. The van der Waals surface area contributed by atoms with Gasteiger partial charge in [0.2, 0.25) is 5.88 Å². The quantitative estimate of drug-likeness (QED) is 0.781. The molecule has 0 saturated heterocycles. The molecule has 108 valence electrons. The van der Waals surface area contributed by atoms with Crippen LogP contribution in [0, 0.1) is 0 Å². The van der Waals surface area contributed by atoms with Crippen molar-refractivity contribution < 1.29 is 17.9 Å². The highest BCUT2D eigenvalue weighted by Crippen LogP contribution is 2.22. The van der Waals surface area contributed by atoms with E-state index in [0.717, 1.165) is 18.5 Å². The number of hydrogen-bond acceptors (Lipinski definition) is 3. The minimum Gasteiger partial charge on any atom is -0.477 e. The number of ether oxygens (including phenoxy) is 1. The van der Waals surface area contributed by atoms with E-state index in [1.807, 2.05) is 6.92 Å². The van der Waals surface area contributed by atoms with Gasteiger partial charge in [-0.05, 0) is 18.5 Å². The first kappa shape index (κ1) is 16.0. The Hall–Kier alpha value is -1.01. The van der Waals surface area contributed by atoms with Gasteiger partial charge in [-0.25, -0.2) is 4.98 Å². The summed E-state index contributed by atoms with van der Waals surface area (Å²) in [5.74, 6) is 0.155. The monoisotopic (exact) mass is 296 g/mol. The summed E-state index contributed by atoms with van der Waals surface area (Å²) in [6.45, 7) is 2.96. The number of hydrogen-bond donors (Lipinski definition) is 1. The van der Waals surface area contributed by atoms with Gasteiger partial charge in [-0.2, -0.15) is 13.2 Å². The van der Waals surface area contributed by atoms with Crippen molar-refractivity contribution in [2.75, 3.05) is 13.2 Å². The highest BCUT2D eigenvalue weighted by Gasteiger charge is 2.26. The summed E-state index contributed by atoms with van der Waals surface area (Å²) in [5, 5.41) is 3.62. The third kappa shape index (κ3) is 6.63. The lowest BCUT2D eigenvalue weighted by Gasteiger charge is -2.10. The van der Waals surface area contributed by atoms with E-state index < -0.39 is 19.2 Å². The van der Waals surface area contributed by atoms with Gasteiger partial charge in [0.25, 0.3) is 0 Å². The molecule has 0 aliphatic heterocycles. The van der Waals surface area contributed by atoms with E-state index in [1.165, 1.54) is 6.20 Å². The molecular formula is C12H16ClF3N2O. The molecule has 0 aromatic carbocycles. The molecule has 1 rings (SSSR count). The van der Waals surface area contributed by atoms with Gasteiger partial charge in [-0.3, -0.25) is 0 Å².